The summed E-state index contributed by atoms with van der Waals surface area (Å²) < 4.78 is 5.52. The molecule has 0 aliphatic rings. The molecular weight excluding hydrogens is 212 g/mol. The average molecular weight is 228 g/mol. The Kier molecular flexibility index (Phi) is 4.46. The molecular formula is C15H16O2. The van der Waals surface area contributed by atoms with E-state index < -0.39 is 0 Å². The molecule has 17 heavy (non-hydrogen) atoms. The van der Waals surface area contributed by atoms with Gasteiger partial charge in [0, 0.05) is 0 Å². The van der Waals surface area contributed by atoms with Crippen molar-refractivity contribution in [3.05, 3.63) is 59.0 Å². The van der Waals surface area contributed by atoms with Crippen LogP contribution in [0, 0.1) is 0 Å². The molecule has 0 radical (unpaired) electrons. The molecule has 1 aromatic carbocycles. The lowest BCUT2D eigenvalue weighted by molar-refractivity contribution is 0.589. The van der Waals surface area contributed by atoms with Gasteiger partial charge >= 0.3 is 0 Å². The van der Waals surface area contributed by atoms with Gasteiger partial charge in [-0.3, -0.25) is 4.79 Å². The molecule has 0 N–H and O–H groups in total. The Labute approximate surface area is 101 Å². The van der Waals surface area contributed by atoms with Crippen LogP contribution < -0.4 is 5.43 Å². The molecule has 0 aliphatic carbocycles. The number of benzene rings is 1. The molecule has 0 spiro atoms. The van der Waals surface area contributed by atoms with Gasteiger partial charge in [-0.2, -0.15) is 0 Å². The van der Waals surface area contributed by atoms with E-state index in [4.69, 9.17) is 4.42 Å². The minimum atomic E-state index is -0.0678. The number of rotatable bonds is 2. The molecule has 1 heterocycles. The predicted octanol–water partition coefficient (Wildman–Crippen LogP) is 4.11. The maximum absolute atomic E-state index is 12.0. The lowest BCUT2D eigenvalue weighted by Gasteiger charge is -2.02. The molecule has 0 unspecified atom stereocenters. The number of hydrogen-bond donors (Lipinski definition) is 0. The van der Waals surface area contributed by atoms with Gasteiger partial charge in [0.15, 0.2) is 0 Å². The average Bonchev–Trinajstić information content (AvgIpc) is 2.41. The Balaban J connectivity index is 0.000000686. The fourth-order valence-corrected chi connectivity index (χ4v) is 1.52. The first-order valence-corrected chi connectivity index (χ1v) is 5.58. The summed E-state index contributed by atoms with van der Waals surface area (Å²) in [5.41, 5.74) is 0.966. The van der Waals surface area contributed by atoms with Crippen LogP contribution in [0.15, 0.2) is 46.6 Å². The van der Waals surface area contributed by atoms with Gasteiger partial charge in [-0.1, -0.05) is 45.2 Å². The van der Waals surface area contributed by atoms with Crippen LogP contribution >= 0.6 is 0 Å². The van der Waals surface area contributed by atoms with E-state index in [9.17, 15) is 4.79 Å². The maximum Gasteiger partial charge on any atom is 0.200 e. The minimum Gasteiger partial charge on any atom is -0.456 e. The molecule has 0 saturated heterocycles. The summed E-state index contributed by atoms with van der Waals surface area (Å²) in [5, 5.41) is 0.568. The van der Waals surface area contributed by atoms with Crippen molar-refractivity contribution in [1.82, 2.24) is 0 Å². The molecule has 2 heteroatoms. The zero-order valence-electron chi connectivity index (χ0n) is 10.2. The fourth-order valence-electron chi connectivity index (χ4n) is 1.52. The van der Waals surface area contributed by atoms with Crippen molar-refractivity contribution in [2.24, 2.45) is 0 Å². The van der Waals surface area contributed by atoms with Gasteiger partial charge in [-0.15, -0.1) is 0 Å². The SMILES string of the molecule is C=Cc1oc2ccccc2c(=O)c1C=C.CC. The molecule has 0 bridgehead atoms. The summed E-state index contributed by atoms with van der Waals surface area (Å²) in [6.45, 7) is 11.2. The van der Waals surface area contributed by atoms with Crippen LogP contribution in [0.4, 0.5) is 0 Å². The van der Waals surface area contributed by atoms with E-state index in [0.29, 0.717) is 22.3 Å². The lowest BCUT2D eigenvalue weighted by atomic mass is 10.1. The second-order valence-electron chi connectivity index (χ2n) is 3.11. The van der Waals surface area contributed by atoms with E-state index in [0.717, 1.165) is 0 Å². The first kappa shape index (κ1) is 13.0. The normalized spacial score (nSPS) is 9.29. The van der Waals surface area contributed by atoms with Crippen molar-refractivity contribution in [2.75, 3.05) is 0 Å². The van der Waals surface area contributed by atoms with Gasteiger partial charge in [0.1, 0.15) is 11.3 Å². The molecule has 0 amide bonds. The van der Waals surface area contributed by atoms with Crippen LogP contribution in [-0.2, 0) is 0 Å². The Morgan fingerprint density at radius 1 is 1.12 bits per heavy atom. The van der Waals surface area contributed by atoms with E-state index in [1.54, 1.807) is 18.2 Å². The minimum absolute atomic E-state index is 0.0678. The van der Waals surface area contributed by atoms with Gasteiger partial charge < -0.3 is 4.42 Å². The van der Waals surface area contributed by atoms with E-state index in [1.165, 1.54) is 12.2 Å². The van der Waals surface area contributed by atoms with Gasteiger partial charge in [0.2, 0.25) is 5.43 Å². The summed E-state index contributed by atoms with van der Waals surface area (Å²) in [4.78, 5) is 12.0. The Hall–Kier alpha value is -2.09. The van der Waals surface area contributed by atoms with Crippen molar-refractivity contribution < 1.29 is 4.42 Å². The molecule has 2 rings (SSSR count). The quantitative estimate of drug-likeness (QED) is 0.774. The van der Waals surface area contributed by atoms with Crippen LogP contribution in [0.25, 0.3) is 23.1 Å². The molecule has 88 valence electrons. The third-order valence-corrected chi connectivity index (χ3v) is 2.25. The summed E-state index contributed by atoms with van der Waals surface area (Å²) in [6.07, 6.45) is 3.01. The highest BCUT2D eigenvalue weighted by Crippen LogP contribution is 2.16. The monoisotopic (exact) mass is 228 g/mol. The van der Waals surface area contributed by atoms with E-state index >= 15 is 0 Å². The molecule has 0 fully saturated rings. The predicted molar refractivity (Wildman–Crippen MR) is 74.0 cm³/mol. The zero-order valence-corrected chi connectivity index (χ0v) is 10.2. The first-order valence-electron chi connectivity index (χ1n) is 5.58. The lowest BCUT2D eigenvalue weighted by Crippen LogP contribution is -2.06. The highest BCUT2D eigenvalue weighted by Gasteiger charge is 2.08. The van der Waals surface area contributed by atoms with E-state index in [-0.39, 0.29) is 5.43 Å². The largest absolute Gasteiger partial charge is 0.456 e. The topological polar surface area (TPSA) is 30.2 Å². The highest BCUT2D eigenvalue weighted by molar-refractivity contribution is 5.80. The van der Waals surface area contributed by atoms with Crippen LogP contribution in [0.2, 0.25) is 0 Å². The Morgan fingerprint density at radius 3 is 2.35 bits per heavy atom. The number of fused-ring (bicyclic) bond motifs is 1. The molecule has 0 atom stereocenters. The Morgan fingerprint density at radius 2 is 1.76 bits per heavy atom. The third-order valence-electron chi connectivity index (χ3n) is 2.25. The number of para-hydroxylation sites is 1. The van der Waals surface area contributed by atoms with Crippen LogP contribution in [-0.4, -0.2) is 0 Å². The molecule has 0 saturated carbocycles. The van der Waals surface area contributed by atoms with Crippen molar-refractivity contribution in [3.63, 3.8) is 0 Å². The van der Waals surface area contributed by atoms with Gasteiger partial charge in [-0.05, 0) is 18.2 Å². The summed E-state index contributed by atoms with van der Waals surface area (Å²) >= 11 is 0. The van der Waals surface area contributed by atoms with Crippen LogP contribution in [0.1, 0.15) is 25.2 Å². The molecule has 2 aromatic rings. The number of hydrogen-bond acceptors (Lipinski definition) is 2. The third kappa shape index (κ3) is 2.36. The Bertz CT molecular complexity index is 591. The van der Waals surface area contributed by atoms with E-state index in [1.807, 2.05) is 19.9 Å². The summed E-state index contributed by atoms with van der Waals surface area (Å²) in [6, 6.07) is 7.13. The van der Waals surface area contributed by atoms with Crippen LogP contribution in [0.3, 0.4) is 0 Å². The summed E-state index contributed by atoms with van der Waals surface area (Å²) in [7, 11) is 0. The van der Waals surface area contributed by atoms with Gasteiger partial charge in [-0.25, -0.2) is 0 Å². The molecule has 2 nitrogen and oxygen atoms in total. The molecule has 0 aliphatic heterocycles. The second-order valence-corrected chi connectivity index (χ2v) is 3.11. The van der Waals surface area contributed by atoms with Crippen molar-refractivity contribution >= 4 is 23.1 Å². The standard InChI is InChI=1S/C13H10O2.C2H6/c1-3-9-11(4-2)15-12-8-6-5-7-10(12)13(9)14;1-2/h3-8H,1-2H2;1-2H3. The fraction of sp³-hybridized carbons (Fsp3) is 0.133. The highest BCUT2D eigenvalue weighted by atomic mass is 16.3. The zero-order chi connectivity index (χ0) is 12.8. The smallest absolute Gasteiger partial charge is 0.200 e. The molecule has 1 aromatic heterocycles. The van der Waals surface area contributed by atoms with E-state index in [2.05, 4.69) is 13.2 Å². The van der Waals surface area contributed by atoms with Crippen LogP contribution in [0.5, 0.6) is 0 Å². The van der Waals surface area contributed by atoms with Crippen molar-refractivity contribution in [2.45, 2.75) is 13.8 Å². The second kappa shape index (κ2) is 5.85. The van der Waals surface area contributed by atoms with Crippen molar-refractivity contribution in [3.8, 4) is 0 Å². The first-order chi connectivity index (χ1) is 8.27. The van der Waals surface area contributed by atoms with Gasteiger partial charge in [0.25, 0.3) is 0 Å². The van der Waals surface area contributed by atoms with Gasteiger partial charge in [0.05, 0.1) is 10.9 Å². The summed E-state index contributed by atoms with van der Waals surface area (Å²) in [5.74, 6) is 0.466. The van der Waals surface area contributed by atoms with Crippen molar-refractivity contribution in [1.29, 1.82) is 0 Å². The maximum atomic E-state index is 12.0.